The molecule has 2 rings (SSSR count). The summed E-state index contributed by atoms with van der Waals surface area (Å²) in [7, 11) is 0. The van der Waals surface area contributed by atoms with Crippen molar-refractivity contribution in [2.45, 2.75) is 26.8 Å². The molecule has 0 aromatic heterocycles. The van der Waals surface area contributed by atoms with Gasteiger partial charge in [-0.25, -0.2) is 5.43 Å². The molecule has 0 heterocycles. The summed E-state index contributed by atoms with van der Waals surface area (Å²) in [4.78, 5) is 25.1. The van der Waals surface area contributed by atoms with Crippen LogP contribution in [0.3, 0.4) is 0 Å². The molecule has 0 fully saturated rings. The van der Waals surface area contributed by atoms with Gasteiger partial charge in [0.05, 0.1) is 28.4 Å². The van der Waals surface area contributed by atoms with Crippen LogP contribution in [0.2, 0.25) is 15.1 Å². The summed E-state index contributed by atoms with van der Waals surface area (Å²) in [6, 6.07) is 6.61. The van der Waals surface area contributed by atoms with Gasteiger partial charge in [-0.15, -0.1) is 0 Å². The van der Waals surface area contributed by atoms with Crippen molar-refractivity contribution in [1.82, 2.24) is 10.7 Å². The largest absolute Gasteiger partial charge is 0.503 e. The normalized spacial score (nSPS) is 12.1. The first-order valence-corrected chi connectivity index (χ1v) is 10.5. The predicted molar refractivity (Wildman–Crippen MR) is 123 cm³/mol. The Morgan fingerprint density at radius 1 is 1.16 bits per heavy atom. The summed E-state index contributed by atoms with van der Waals surface area (Å²) in [6.07, 6.45) is 1.35. The molecule has 0 aliphatic heterocycles. The number of rotatable bonds is 8. The average Bonchev–Trinajstić information content (AvgIpc) is 2.69. The quantitative estimate of drug-likeness (QED) is 0.373. The number of hydrogen-bond acceptors (Lipinski definition) is 5. The lowest BCUT2D eigenvalue weighted by Gasteiger charge is -2.20. The van der Waals surface area contributed by atoms with Gasteiger partial charge < -0.3 is 15.2 Å². The Kier molecular flexibility index (Phi) is 8.98. The molecular formula is C21H22Cl3N3O4. The number of hydrogen-bond donors (Lipinski definition) is 3. The Balaban J connectivity index is 2.10. The highest BCUT2D eigenvalue weighted by Crippen LogP contribution is 2.34. The minimum atomic E-state index is -0.862. The van der Waals surface area contributed by atoms with Gasteiger partial charge in [0.25, 0.3) is 11.8 Å². The second-order valence-corrected chi connectivity index (χ2v) is 8.09. The lowest BCUT2D eigenvalue weighted by atomic mass is 10.0. The minimum absolute atomic E-state index is 0.0888. The molecule has 0 saturated carbocycles. The van der Waals surface area contributed by atoms with Crippen molar-refractivity contribution in [3.05, 3.63) is 56.5 Å². The highest BCUT2D eigenvalue weighted by Gasteiger charge is 2.25. The van der Waals surface area contributed by atoms with Crippen molar-refractivity contribution in [3.63, 3.8) is 0 Å². The SMILES string of the molecule is CCOc1cc(/C=N/NC(=O)C(NC(=O)c2ccc(Cl)cc2Cl)C(C)C)cc(Cl)c1O. The maximum absolute atomic E-state index is 12.6. The van der Waals surface area contributed by atoms with Crippen molar-refractivity contribution < 1.29 is 19.4 Å². The molecule has 0 aliphatic carbocycles. The number of hydrazone groups is 1. The van der Waals surface area contributed by atoms with Gasteiger partial charge in [-0.05, 0) is 48.7 Å². The second kappa shape index (κ2) is 11.2. The van der Waals surface area contributed by atoms with E-state index in [1.807, 2.05) is 0 Å². The Morgan fingerprint density at radius 3 is 2.48 bits per heavy atom. The molecule has 1 unspecified atom stereocenters. The first-order chi connectivity index (χ1) is 14.6. The number of amides is 2. The minimum Gasteiger partial charge on any atom is -0.503 e. The van der Waals surface area contributed by atoms with Gasteiger partial charge >= 0.3 is 0 Å². The van der Waals surface area contributed by atoms with E-state index in [1.165, 1.54) is 36.5 Å². The Labute approximate surface area is 195 Å². The third kappa shape index (κ3) is 6.75. The van der Waals surface area contributed by atoms with Crippen molar-refractivity contribution in [3.8, 4) is 11.5 Å². The lowest BCUT2D eigenvalue weighted by molar-refractivity contribution is -0.123. The van der Waals surface area contributed by atoms with Crippen LogP contribution in [-0.4, -0.2) is 35.8 Å². The monoisotopic (exact) mass is 485 g/mol. The molecule has 31 heavy (non-hydrogen) atoms. The van der Waals surface area contributed by atoms with E-state index < -0.39 is 17.9 Å². The molecule has 3 N–H and O–H groups in total. The highest BCUT2D eigenvalue weighted by molar-refractivity contribution is 6.36. The lowest BCUT2D eigenvalue weighted by Crippen LogP contribution is -2.48. The summed E-state index contributed by atoms with van der Waals surface area (Å²) < 4.78 is 5.31. The third-order valence-electron chi connectivity index (χ3n) is 4.15. The molecule has 2 amide bonds. The summed E-state index contributed by atoms with van der Waals surface area (Å²) in [5.74, 6) is -1.22. The molecule has 2 aromatic rings. The Hall–Kier alpha value is -2.48. The van der Waals surface area contributed by atoms with E-state index in [2.05, 4.69) is 15.8 Å². The van der Waals surface area contributed by atoms with E-state index in [9.17, 15) is 14.7 Å². The van der Waals surface area contributed by atoms with E-state index in [1.54, 1.807) is 20.8 Å². The van der Waals surface area contributed by atoms with Crippen LogP contribution in [0.5, 0.6) is 11.5 Å². The van der Waals surface area contributed by atoms with E-state index in [0.29, 0.717) is 17.2 Å². The number of benzene rings is 2. The van der Waals surface area contributed by atoms with E-state index >= 15 is 0 Å². The first kappa shape index (κ1) is 24.8. The number of phenolic OH excluding ortho intramolecular Hbond substituents is 1. The number of ether oxygens (including phenoxy) is 1. The maximum Gasteiger partial charge on any atom is 0.262 e. The van der Waals surface area contributed by atoms with Crippen LogP contribution in [0.1, 0.15) is 36.7 Å². The predicted octanol–water partition coefficient (Wildman–Crippen LogP) is 4.66. The van der Waals surface area contributed by atoms with Crippen LogP contribution in [0.15, 0.2) is 35.4 Å². The zero-order chi connectivity index (χ0) is 23.1. The highest BCUT2D eigenvalue weighted by atomic mass is 35.5. The molecular weight excluding hydrogens is 465 g/mol. The second-order valence-electron chi connectivity index (χ2n) is 6.84. The van der Waals surface area contributed by atoms with E-state index in [4.69, 9.17) is 39.5 Å². The summed E-state index contributed by atoms with van der Waals surface area (Å²) in [5.41, 5.74) is 3.10. The molecule has 0 spiro atoms. The molecule has 0 aliphatic rings. The number of halogens is 3. The molecule has 0 bridgehead atoms. The van der Waals surface area contributed by atoms with Gasteiger partial charge in [-0.1, -0.05) is 48.7 Å². The van der Waals surface area contributed by atoms with Crippen LogP contribution in [0, 0.1) is 5.92 Å². The standard InChI is InChI=1S/C21H22Cl3N3O4/c1-4-31-17-8-12(7-16(24)19(17)28)10-25-27-21(30)18(11(2)3)26-20(29)14-6-5-13(22)9-15(14)23/h5-11,18,28H,4H2,1-3H3,(H,26,29)(H,27,30)/b25-10+. The van der Waals surface area contributed by atoms with Gasteiger partial charge in [0.1, 0.15) is 6.04 Å². The smallest absolute Gasteiger partial charge is 0.262 e. The van der Waals surface area contributed by atoms with Crippen molar-refractivity contribution >= 4 is 52.8 Å². The molecule has 0 saturated heterocycles. The molecule has 1 atom stereocenters. The molecule has 166 valence electrons. The fraction of sp³-hybridized carbons (Fsp3) is 0.286. The topological polar surface area (TPSA) is 100 Å². The number of nitrogens with one attached hydrogen (secondary N) is 2. The van der Waals surface area contributed by atoms with Crippen molar-refractivity contribution in [1.29, 1.82) is 0 Å². The van der Waals surface area contributed by atoms with Crippen LogP contribution in [-0.2, 0) is 4.79 Å². The molecule has 7 nitrogen and oxygen atoms in total. The number of carbonyl (C=O) groups is 2. The van der Waals surface area contributed by atoms with E-state index in [-0.39, 0.29) is 33.0 Å². The number of phenols is 1. The Morgan fingerprint density at radius 2 is 1.87 bits per heavy atom. The fourth-order valence-electron chi connectivity index (χ4n) is 2.60. The molecule has 0 radical (unpaired) electrons. The maximum atomic E-state index is 12.6. The number of aromatic hydroxyl groups is 1. The Bertz CT molecular complexity index is 996. The van der Waals surface area contributed by atoms with Crippen LogP contribution >= 0.6 is 34.8 Å². The average molecular weight is 487 g/mol. The summed E-state index contributed by atoms with van der Waals surface area (Å²) in [6.45, 7) is 5.68. The van der Waals surface area contributed by atoms with Crippen LogP contribution < -0.4 is 15.5 Å². The number of nitrogens with zero attached hydrogens (tertiary/aromatic N) is 1. The van der Waals surface area contributed by atoms with Crippen LogP contribution in [0.4, 0.5) is 0 Å². The molecule has 2 aromatic carbocycles. The zero-order valence-electron chi connectivity index (χ0n) is 17.1. The molecule has 10 heteroatoms. The summed E-state index contributed by atoms with van der Waals surface area (Å²) in [5, 5.41) is 17.1. The van der Waals surface area contributed by atoms with Crippen molar-refractivity contribution in [2.75, 3.05) is 6.61 Å². The van der Waals surface area contributed by atoms with Gasteiger partial charge in [0, 0.05) is 5.02 Å². The van der Waals surface area contributed by atoms with Gasteiger partial charge in [-0.3, -0.25) is 9.59 Å². The van der Waals surface area contributed by atoms with Gasteiger partial charge in [0.15, 0.2) is 11.5 Å². The third-order valence-corrected chi connectivity index (χ3v) is 4.99. The van der Waals surface area contributed by atoms with E-state index in [0.717, 1.165) is 0 Å². The van der Waals surface area contributed by atoms with Crippen molar-refractivity contribution in [2.24, 2.45) is 11.0 Å². The van der Waals surface area contributed by atoms with Gasteiger partial charge in [0.2, 0.25) is 0 Å². The zero-order valence-corrected chi connectivity index (χ0v) is 19.3. The number of carbonyl (C=O) groups excluding carboxylic acids is 2. The van der Waals surface area contributed by atoms with Crippen LogP contribution in [0.25, 0.3) is 0 Å². The first-order valence-electron chi connectivity index (χ1n) is 9.38. The van der Waals surface area contributed by atoms with Gasteiger partial charge in [-0.2, -0.15) is 5.10 Å². The fourth-order valence-corrected chi connectivity index (χ4v) is 3.31. The summed E-state index contributed by atoms with van der Waals surface area (Å²) >= 11 is 17.9.